The highest BCUT2D eigenvalue weighted by molar-refractivity contribution is 6.12. The zero-order valence-corrected chi connectivity index (χ0v) is 33.8. The van der Waals surface area contributed by atoms with Crippen molar-refractivity contribution >= 4 is 43.7 Å². The second-order valence-electron chi connectivity index (χ2n) is 16.7. The van der Waals surface area contributed by atoms with Gasteiger partial charge in [0, 0.05) is 32.7 Å². The molecule has 63 heavy (non-hydrogen) atoms. The van der Waals surface area contributed by atoms with Crippen LogP contribution in [0.1, 0.15) is 22.3 Å². The average molecular weight is 803 g/mol. The van der Waals surface area contributed by atoms with Crippen molar-refractivity contribution in [3.63, 3.8) is 0 Å². The Hall–Kier alpha value is -8.41. The van der Waals surface area contributed by atoms with E-state index in [0.29, 0.717) is 17.6 Å². The van der Waals surface area contributed by atoms with E-state index in [2.05, 4.69) is 150 Å². The lowest BCUT2D eigenvalue weighted by molar-refractivity contribution is 0.666. The van der Waals surface area contributed by atoms with Crippen LogP contribution in [0.5, 0.6) is 0 Å². The van der Waals surface area contributed by atoms with Gasteiger partial charge in [-0.3, -0.25) is 4.57 Å². The van der Waals surface area contributed by atoms with E-state index in [1.807, 2.05) is 60.7 Å². The molecule has 9 aromatic carbocycles. The predicted molar refractivity (Wildman–Crippen MR) is 254 cm³/mol. The third-order valence-electron chi connectivity index (χ3n) is 13.5. The summed E-state index contributed by atoms with van der Waals surface area (Å²) in [6.45, 7) is 0. The van der Waals surface area contributed by atoms with Gasteiger partial charge < -0.3 is 4.42 Å². The summed E-state index contributed by atoms with van der Waals surface area (Å²) in [6, 6.07) is 73.6. The summed E-state index contributed by atoms with van der Waals surface area (Å²) in [6.07, 6.45) is 0. The Kier molecular flexibility index (Phi) is 6.97. The fourth-order valence-electron chi connectivity index (χ4n) is 10.8. The van der Waals surface area contributed by atoms with Gasteiger partial charge in [0.15, 0.2) is 11.6 Å². The highest BCUT2D eigenvalue weighted by atomic mass is 16.3. The standard InChI is InChI=1S/C58H34N4O/c1-3-15-35(16-4-1)55-59-56(36-17-5-2-6-18-36)61-57(60-55)62-51-26-14-10-22-42(51)43-29-27-37(31-52(43)62)38-28-30-44-46-33-45-41-21-9-13-25-49(41)58(50(45)34-54(46)63-53(44)32-38)47-23-11-7-19-39(47)40-20-8-12-24-48(40)58/h1-34H. The smallest absolute Gasteiger partial charge is 0.238 e. The molecule has 0 radical (unpaired) electrons. The number of furan rings is 1. The molecule has 0 saturated carbocycles. The summed E-state index contributed by atoms with van der Waals surface area (Å²) in [7, 11) is 0. The van der Waals surface area contributed by atoms with Crippen molar-refractivity contribution in [3.8, 4) is 62.1 Å². The number of hydrogen-bond acceptors (Lipinski definition) is 4. The lowest BCUT2D eigenvalue weighted by Gasteiger charge is -2.30. The van der Waals surface area contributed by atoms with Crippen LogP contribution >= 0.6 is 0 Å². The molecule has 14 rings (SSSR count). The van der Waals surface area contributed by atoms with E-state index in [0.717, 1.165) is 66.0 Å². The van der Waals surface area contributed by atoms with E-state index < -0.39 is 5.41 Å². The number of benzene rings is 9. The zero-order chi connectivity index (χ0) is 41.2. The van der Waals surface area contributed by atoms with Gasteiger partial charge in [0.05, 0.1) is 16.4 Å². The van der Waals surface area contributed by atoms with Gasteiger partial charge in [0.2, 0.25) is 5.95 Å². The second kappa shape index (κ2) is 12.8. The minimum absolute atomic E-state index is 0.423. The first-order valence-corrected chi connectivity index (χ1v) is 21.4. The monoisotopic (exact) mass is 802 g/mol. The van der Waals surface area contributed by atoms with Gasteiger partial charge in [0.25, 0.3) is 0 Å². The Labute approximate surface area is 362 Å². The summed E-state index contributed by atoms with van der Waals surface area (Å²) >= 11 is 0. The average Bonchev–Trinajstić information content (AvgIpc) is 4.06. The summed E-state index contributed by atoms with van der Waals surface area (Å²) in [5.74, 6) is 1.82. The van der Waals surface area contributed by atoms with E-state index in [9.17, 15) is 0 Å². The van der Waals surface area contributed by atoms with Crippen molar-refractivity contribution in [2.45, 2.75) is 5.41 Å². The molecule has 3 aromatic heterocycles. The number of para-hydroxylation sites is 1. The first-order chi connectivity index (χ1) is 31.2. The number of fused-ring (bicyclic) bond motifs is 16. The van der Waals surface area contributed by atoms with Gasteiger partial charge in [-0.2, -0.15) is 9.97 Å². The summed E-state index contributed by atoms with van der Waals surface area (Å²) in [5, 5.41) is 4.48. The largest absolute Gasteiger partial charge is 0.456 e. The van der Waals surface area contributed by atoms with Crippen LogP contribution in [0.15, 0.2) is 211 Å². The summed E-state index contributed by atoms with van der Waals surface area (Å²) in [4.78, 5) is 15.3. The van der Waals surface area contributed by atoms with Crippen molar-refractivity contribution in [1.82, 2.24) is 19.5 Å². The van der Waals surface area contributed by atoms with Gasteiger partial charge in [-0.15, -0.1) is 0 Å². The molecule has 1 spiro atoms. The number of hydrogen-bond donors (Lipinski definition) is 0. The summed E-state index contributed by atoms with van der Waals surface area (Å²) < 4.78 is 9.11. The SMILES string of the molecule is c1ccc(-c2nc(-c3ccccc3)nc(-n3c4ccccc4c4ccc(-c5ccc6c(c5)oc5cc7c(cc56)-c5ccccc5C75c6ccccc6-c6ccccc65)cc43)n2)cc1. The molecule has 0 N–H and O–H groups in total. The fraction of sp³-hybridized carbons (Fsp3) is 0.0172. The van der Waals surface area contributed by atoms with Crippen molar-refractivity contribution in [2.75, 3.05) is 0 Å². The van der Waals surface area contributed by atoms with Crippen LogP contribution in [0.3, 0.4) is 0 Å². The molecule has 292 valence electrons. The Morgan fingerprint density at radius 3 is 1.49 bits per heavy atom. The molecule has 0 fully saturated rings. The van der Waals surface area contributed by atoms with Crippen LogP contribution in [0.2, 0.25) is 0 Å². The maximum Gasteiger partial charge on any atom is 0.238 e. The number of rotatable bonds is 4. The molecule has 0 saturated heterocycles. The highest BCUT2D eigenvalue weighted by Crippen LogP contribution is 2.63. The number of aromatic nitrogens is 4. The molecular formula is C58H34N4O. The zero-order valence-electron chi connectivity index (χ0n) is 33.8. The molecule has 0 bridgehead atoms. The van der Waals surface area contributed by atoms with Crippen LogP contribution in [0, 0.1) is 0 Å². The lowest BCUT2D eigenvalue weighted by Crippen LogP contribution is -2.25. The molecule has 2 aliphatic carbocycles. The first-order valence-electron chi connectivity index (χ1n) is 21.4. The van der Waals surface area contributed by atoms with Crippen molar-refractivity contribution in [2.24, 2.45) is 0 Å². The van der Waals surface area contributed by atoms with Gasteiger partial charge in [-0.05, 0) is 92.0 Å². The van der Waals surface area contributed by atoms with E-state index in [4.69, 9.17) is 19.4 Å². The Bertz CT molecular complexity index is 3760. The maximum absolute atomic E-state index is 6.92. The van der Waals surface area contributed by atoms with E-state index in [1.165, 1.54) is 44.5 Å². The van der Waals surface area contributed by atoms with Crippen LogP contribution in [0.4, 0.5) is 0 Å². The topological polar surface area (TPSA) is 56.7 Å². The summed E-state index contributed by atoms with van der Waals surface area (Å²) in [5.41, 5.74) is 17.8. The third-order valence-corrected chi connectivity index (χ3v) is 13.5. The molecule has 2 aliphatic rings. The van der Waals surface area contributed by atoms with E-state index in [-0.39, 0.29) is 0 Å². The van der Waals surface area contributed by atoms with Crippen LogP contribution in [-0.4, -0.2) is 19.5 Å². The Morgan fingerprint density at radius 1 is 0.333 bits per heavy atom. The quantitative estimate of drug-likeness (QED) is 0.178. The molecule has 0 unspecified atom stereocenters. The van der Waals surface area contributed by atoms with Gasteiger partial charge >= 0.3 is 0 Å². The van der Waals surface area contributed by atoms with Crippen LogP contribution < -0.4 is 0 Å². The minimum atomic E-state index is -0.423. The van der Waals surface area contributed by atoms with Crippen molar-refractivity contribution < 1.29 is 4.42 Å². The molecule has 0 amide bonds. The molecular weight excluding hydrogens is 769 g/mol. The van der Waals surface area contributed by atoms with Crippen molar-refractivity contribution in [1.29, 1.82) is 0 Å². The predicted octanol–water partition coefficient (Wildman–Crippen LogP) is 14.2. The van der Waals surface area contributed by atoms with Crippen molar-refractivity contribution in [3.05, 3.63) is 229 Å². The number of nitrogens with zero attached hydrogens (tertiary/aromatic N) is 4. The molecule has 5 nitrogen and oxygen atoms in total. The van der Waals surface area contributed by atoms with E-state index >= 15 is 0 Å². The third kappa shape index (κ3) is 4.73. The van der Waals surface area contributed by atoms with Gasteiger partial charge in [0.1, 0.15) is 11.2 Å². The van der Waals surface area contributed by atoms with Crippen LogP contribution in [0.25, 0.3) is 106 Å². The molecule has 3 heterocycles. The normalized spacial score (nSPS) is 13.2. The lowest BCUT2D eigenvalue weighted by atomic mass is 9.70. The molecule has 0 atom stereocenters. The molecule has 12 aromatic rings. The Balaban J connectivity index is 0.949. The van der Waals surface area contributed by atoms with Crippen LogP contribution in [-0.2, 0) is 5.41 Å². The van der Waals surface area contributed by atoms with Gasteiger partial charge in [-0.1, -0.05) is 170 Å². The Morgan fingerprint density at radius 2 is 0.841 bits per heavy atom. The van der Waals surface area contributed by atoms with E-state index in [1.54, 1.807) is 0 Å². The minimum Gasteiger partial charge on any atom is -0.456 e. The molecule has 5 heteroatoms. The maximum atomic E-state index is 6.92. The molecule has 0 aliphatic heterocycles. The first kappa shape index (κ1) is 34.3. The second-order valence-corrected chi connectivity index (χ2v) is 16.7. The highest BCUT2D eigenvalue weighted by Gasteiger charge is 2.51. The fourth-order valence-corrected chi connectivity index (χ4v) is 10.8. The van der Waals surface area contributed by atoms with Gasteiger partial charge in [-0.25, -0.2) is 4.98 Å².